The van der Waals surface area contributed by atoms with Gasteiger partial charge in [-0.3, -0.25) is 4.57 Å². The molecular formula is C16H18Cl2N6S. The second kappa shape index (κ2) is 8.62. The van der Waals surface area contributed by atoms with Crippen molar-refractivity contribution in [3.8, 4) is 5.95 Å². The summed E-state index contributed by atoms with van der Waals surface area (Å²) in [4.78, 5) is 8.42. The Morgan fingerprint density at radius 1 is 1.28 bits per heavy atom. The van der Waals surface area contributed by atoms with Crippen LogP contribution in [0.25, 0.3) is 5.95 Å². The number of anilines is 1. The van der Waals surface area contributed by atoms with Crippen LogP contribution in [0.3, 0.4) is 0 Å². The van der Waals surface area contributed by atoms with E-state index in [1.54, 1.807) is 17.1 Å². The molecule has 0 aliphatic carbocycles. The van der Waals surface area contributed by atoms with Crippen LogP contribution in [0.1, 0.15) is 18.9 Å². The van der Waals surface area contributed by atoms with Gasteiger partial charge in [0, 0.05) is 58.7 Å². The largest absolute Gasteiger partial charge is 0.360 e. The maximum absolute atomic E-state index is 6.18. The average Bonchev–Trinajstić information content (AvgIpc) is 3.25. The minimum Gasteiger partial charge on any atom is -0.360 e. The minimum atomic E-state index is 0.306. The molecule has 3 aromatic rings. The van der Waals surface area contributed by atoms with E-state index >= 15 is 0 Å². The molecule has 0 saturated heterocycles. The summed E-state index contributed by atoms with van der Waals surface area (Å²) in [5.41, 5.74) is 0.930. The van der Waals surface area contributed by atoms with E-state index in [0.29, 0.717) is 28.6 Å². The minimum absolute atomic E-state index is 0.306. The van der Waals surface area contributed by atoms with Crippen molar-refractivity contribution in [2.24, 2.45) is 0 Å². The molecule has 6 nitrogen and oxygen atoms in total. The Bertz CT molecular complexity index is 785. The Morgan fingerprint density at radius 2 is 2.08 bits per heavy atom. The fourth-order valence-corrected chi connectivity index (χ4v) is 3.37. The zero-order valence-electron chi connectivity index (χ0n) is 13.6. The van der Waals surface area contributed by atoms with Crippen LogP contribution in [0.15, 0.2) is 36.9 Å². The van der Waals surface area contributed by atoms with Gasteiger partial charge in [0.05, 0.1) is 0 Å². The van der Waals surface area contributed by atoms with Crippen molar-refractivity contribution in [3.63, 3.8) is 0 Å². The van der Waals surface area contributed by atoms with Gasteiger partial charge >= 0.3 is 0 Å². The SMILES string of the molecule is CC(CCNc1nc(-n2ccnc2)ns1)NCc1c(Cl)cccc1Cl. The van der Waals surface area contributed by atoms with E-state index in [9.17, 15) is 0 Å². The van der Waals surface area contributed by atoms with Crippen molar-refractivity contribution in [2.45, 2.75) is 25.9 Å². The number of aromatic nitrogens is 4. The normalized spacial score (nSPS) is 12.3. The molecule has 2 aromatic heterocycles. The molecule has 0 radical (unpaired) electrons. The van der Waals surface area contributed by atoms with Gasteiger partial charge in [-0.2, -0.15) is 9.36 Å². The van der Waals surface area contributed by atoms with Gasteiger partial charge in [-0.15, -0.1) is 0 Å². The molecule has 2 heterocycles. The van der Waals surface area contributed by atoms with Crippen LogP contribution < -0.4 is 10.6 Å². The van der Waals surface area contributed by atoms with Crippen LogP contribution in [0.4, 0.5) is 5.13 Å². The van der Waals surface area contributed by atoms with E-state index in [1.165, 1.54) is 11.5 Å². The molecule has 1 aromatic carbocycles. The number of nitrogens with one attached hydrogen (secondary N) is 2. The Morgan fingerprint density at radius 3 is 2.80 bits per heavy atom. The predicted octanol–water partition coefficient (Wildman–Crippen LogP) is 4.01. The van der Waals surface area contributed by atoms with Crippen molar-refractivity contribution in [1.29, 1.82) is 0 Å². The summed E-state index contributed by atoms with van der Waals surface area (Å²) < 4.78 is 6.07. The summed E-state index contributed by atoms with van der Waals surface area (Å²) >= 11 is 13.7. The van der Waals surface area contributed by atoms with Crippen LogP contribution in [0, 0.1) is 0 Å². The summed E-state index contributed by atoms with van der Waals surface area (Å²) in [6, 6.07) is 5.86. The van der Waals surface area contributed by atoms with Gasteiger partial charge in [-0.05, 0) is 25.5 Å². The zero-order chi connectivity index (χ0) is 17.6. The highest BCUT2D eigenvalue weighted by Crippen LogP contribution is 2.24. The summed E-state index contributed by atoms with van der Waals surface area (Å²) in [6.45, 7) is 3.57. The van der Waals surface area contributed by atoms with Gasteiger partial charge in [-0.25, -0.2) is 4.98 Å². The first-order chi connectivity index (χ1) is 12.1. The number of hydrogen-bond donors (Lipinski definition) is 2. The van der Waals surface area contributed by atoms with Crippen molar-refractivity contribution < 1.29 is 0 Å². The van der Waals surface area contributed by atoms with Crippen LogP contribution >= 0.6 is 34.7 Å². The second-order valence-electron chi connectivity index (χ2n) is 5.57. The third kappa shape index (κ3) is 4.92. The molecule has 25 heavy (non-hydrogen) atoms. The Hall–Kier alpha value is -1.67. The highest BCUT2D eigenvalue weighted by molar-refractivity contribution is 7.09. The van der Waals surface area contributed by atoms with E-state index in [1.807, 2.05) is 24.4 Å². The zero-order valence-corrected chi connectivity index (χ0v) is 15.9. The molecular weight excluding hydrogens is 379 g/mol. The van der Waals surface area contributed by atoms with Gasteiger partial charge in [0.2, 0.25) is 11.1 Å². The van der Waals surface area contributed by atoms with Gasteiger partial charge in [0.1, 0.15) is 6.33 Å². The predicted molar refractivity (Wildman–Crippen MR) is 103 cm³/mol. The molecule has 0 aliphatic rings. The average molecular weight is 397 g/mol. The molecule has 0 bridgehead atoms. The second-order valence-corrected chi connectivity index (χ2v) is 7.13. The molecule has 0 amide bonds. The van der Waals surface area contributed by atoms with Crippen molar-refractivity contribution in [1.82, 2.24) is 24.2 Å². The quantitative estimate of drug-likeness (QED) is 0.601. The summed E-state index contributed by atoms with van der Waals surface area (Å²) in [5, 5.41) is 8.91. The van der Waals surface area contributed by atoms with E-state index < -0.39 is 0 Å². The number of imidazole rings is 1. The topological polar surface area (TPSA) is 67.7 Å². The number of rotatable bonds is 8. The maximum atomic E-state index is 6.18. The number of benzene rings is 1. The first-order valence-corrected chi connectivity index (χ1v) is 9.38. The van der Waals surface area contributed by atoms with Crippen molar-refractivity contribution in [3.05, 3.63) is 52.5 Å². The molecule has 1 unspecified atom stereocenters. The summed E-state index contributed by atoms with van der Waals surface area (Å²) in [6.07, 6.45) is 6.13. The third-order valence-corrected chi connectivity index (χ3v) is 5.06. The maximum Gasteiger partial charge on any atom is 0.248 e. The molecule has 132 valence electrons. The monoisotopic (exact) mass is 396 g/mol. The number of halogens is 2. The van der Waals surface area contributed by atoms with E-state index in [0.717, 1.165) is 23.7 Å². The standard InChI is InChI=1S/C16H18Cl2N6S/c1-11(21-9-12-13(17)3-2-4-14(12)18)5-6-20-16-22-15(23-25-16)24-8-7-19-10-24/h2-4,7-8,10-11,21H,5-6,9H2,1H3,(H,20,22,23). The van der Waals surface area contributed by atoms with Crippen LogP contribution in [-0.4, -0.2) is 31.5 Å². The molecule has 0 spiro atoms. The lowest BCUT2D eigenvalue weighted by Gasteiger charge is -2.15. The lowest BCUT2D eigenvalue weighted by Crippen LogP contribution is -2.27. The molecule has 0 aliphatic heterocycles. The molecule has 0 saturated carbocycles. The third-order valence-electron chi connectivity index (χ3n) is 3.69. The van der Waals surface area contributed by atoms with Crippen LogP contribution in [0.2, 0.25) is 10.0 Å². The molecule has 3 rings (SSSR count). The highest BCUT2D eigenvalue weighted by Gasteiger charge is 2.09. The molecule has 2 N–H and O–H groups in total. The highest BCUT2D eigenvalue weighted by atomic mass is 35.5. The van der Waals surface area contributed by atoms with Gasteiger partial charge in [-0.1, -0.05) is 29.3 Å². The number of nitrogens with zero attached hydrogens (tertiary/aromatic N) is 4. The van der Waals surface area contributed by atoms with E-state index in [2.05, 4.69) is 31.9 Å². The van der Waals surface area contributed by atoms with Crippen LogP contribution in [-0.2, 0) is 6.54 Å². The molecule has 9 heteroatoms. The summed E-state index contributed by atoms with van der Waals surface area (Å²) in [5.74, 6) is 0.629. The summed E-state index contributed by atoms with van der Waals surface area (Å²) in [7, 11) is 0. The lowest BCUT2D eigenvalue weighted by molar-refractivity contribution is 0.525. The van der Waals surface area contributed by atoms with E-state index in [4.69, 9.17) is 23.2 Å². The van der Waals surface area contributed by atoms with Gasteiger partial charge < -0.3 is 10.6 Å². The fourth-order valence-electron chi connectivity index (χ4n) is 2.24. The van der Waals surface area contributed by atoms with Crippen molar-refractivity contribution in [2.75, 3.05) is 11.9 Å². The smallest absolute Gasteiger partial charge is 0.248 e. The molecule has 1 atom stereocenters. The van der Waals surface area contributed by atoms with Crippen molar-refractivity contribution >= 4 is 39.9 Å². The van der Waals surface area contributed by atoms with Gasteiger partial charge in [0.25, 0.3) is 0 Å². The lowest BCUT2D eigenvalue weighted by atomic mass is 10.2. The first-order valence-electron chi connectivity index (χ1n) is 7.85. The molecule has 0 fully saturated rings. The number of hydrogen-bond acceptors (Lipinski definition) is 6. The Labute approximate surface area is 160 Å². The first kappa shape index (κ1) is 18.1. The van der Waals surface area contributed by atoms with Gasteiger partial charge in [0.15, 0.2) is 0 Å². The van der Waals surface area contributed by atoms with Crippen LogP contribution in [0.5, 0.6) is 0 Å². The Balaban J connectivity index is 1.43. The fraction of sp³-hybridized carbons (Fsp3) is 0.312. The Kier molecular flexibility index (Phi) is 6.25. The van der Waals surface area contributed by atoms with E-state index in [-0.39, 0.29) is 0 Å².